The number of aldehydes is 1. The van der Waals surface area contributed by atoms with Crippen molar-refractivity contribution in [3.05, 3.63) is 65.2 Å². The molecule has 0 fully saturated rings. The highest BCUT2D eigenvalue weighted by molar-refractivity contribution is 7.90. The molecule has 0 unspecified atom stereocenters. The molecule has 0 spiro atoms. The molecule has 2 aromatic carbocycles. The van der Waals surface area contributed by atoms with Gasteiger partial charge < -0.3 is 0 Å². The Labute approximate surface area is 112 Å². The van der Waals surface area contributed by atoms with E-state index < -0.39 is 9.84 Å². The smallest absolute Gasteiger partial charge is 0.182 e. The van der Waals surface area contributed by atoms with Crippen LogP contribution < -0.4 is 0 Å². The molecule has 0 saturated carbocycles. The van der Waals surface area contributed by atoms with Crippen LogP contribution in [0.1, 0.15) is 21.5 Å². The van der Waals surface area contributed by atoms with Gasteiger partial charge in [-0.25, -0.2) is 8.42 Å². The standard InChI is InChI=1S/C15H14O3S/c1-12-2-4-14(5-3-12)11-19(17,18)15-8-6-13(10-16)7-9-15/h2-10H,11H2,1H3. The Morgan fingerprint density at radius 3 is 2.05 bits per heavy atom. The first-order chi connectivity index (χ1) is 9.01. The van der Waals surface area contributed by atoms with Crippen LogP contribution in [0.2, 0.25) is 0 Å². The molecule has 4 heteroatoms. The van der Waals surface area contributed by atoms with E-state index in [-0.39, 0.29) is 10.6 Å². The molecule has 2 rings (SSSR count). The van der Waals surface area contributed by atoms with Gasteiger partial charge in [-0.05, 0) is 24.6 Å². The molecule has 2 aromatic rings. The number of rotatable bonds is 4. The minimum absolute atomic E-state index is 0.0340. The minimum Gasteiger partial charge on any atom is -0.298 e. The number of carbonyl (C=O) groups excluding carboxylic acids is 1. The van der Waals surface area contributed by atoms with Gasteiger partial charge >= 0.3 is 0 Å². The Balaban J connectivity index is 2.26. The molecule has 0 radical (unpaired) electrons. The van der Waals surface area contributed by atoms with E-state index in [2.05, 4.69) is 0 Å². The van der Waals surface area contributed by atoms with Gasteiger partial charge in [-0.2, -0.15) is 0 Å². The molecule has 0 atom stereocenters. The van der Waals surface area contributed by atoms with Crippen molar-refractivity contribution < 1.29 is 13.2 Å². The van der Waals surface area contributed by atoms with E-state index >= 15 is 0 Å². The summed E-state index contributed by atoms with van der Waals surface area (Å²) in [6.07, 6.45) is 0.691. The van der Waals surface area contributed by atoms with Crippen molar-refractivity contribution in [1.29, 1.82) is 0 Å². The van der Waals surface area contributed by atoms with E-state index in [1.807, 2.05) is 31.2 Å². The average molecular weight is 274 g/mol. The van der Waals surface area contributed by atoms with Crippen LogP contribution in [0.3, 0.4) is 0 Å². The molecular formula is C15H14O3S. The van der Waals surface area contributed by atoms with Crippen LogP contribution in [0.25, 0.3) is 0 Å². The SMILES string of the molecule is Cc1ccc(CS(=O)(=O)c2ccc(C=O)cc2)cc1. The second-order valence-corrected chi connectivity index (χ2v) is 6.42. The summed E-state index contributed by atoms with van der Waals surface area (Å²) in [5.74, 6) is -0.0340. The van der Waals surface area contributed by atoms with Gasteiger partial charge in [0.05, 0.1) is 10.6 Å². The van der Waals surface area contributed by atoms with E-state index in [0.29, 0.717) is 11.8 Å². The normalized spacial score (nSPS) is 11.2. The number of hydrogen-bond acceptors (Lipinski definition) is 3. The third kappa shape index (κ3) is 3.29. The second kappa shape index (κ2) is 5.36. The summed E-state index contributed by atoms with van der Waals surface area (Å²) in [5.41, 5.74) is 2.32. The maximum absolute atomic E-state index is 12.2. The third-order valence-corrected chi connectivity index (χ3v) is 4.56. The van der Waals surface area contributed by atoms with Gasteiger partial charge in [-0.3, -0.25) is 4.79 Å². The van der Waals surface area contributed by atoms with Gasteiger partial charge in [-0.15, -0.1) is 0 Å². The fourth-order valence-electron chi connectivity index (χ4n) is 1.74. The summed E-state index contributed by atoms with van der Waals surface area (Å²) in [5, 5.41) is 0. The molecular weight excluding hydrogens is 260 g/mol. The second-order valence-electron chi connectivity index (χ2n) is 4.43. The molecule has 0 aliphatic carbocycles. The van der Waals surface area contributed by atoms with Crippen molar-refractivity contribution in [3.8, 4) is 0 Å². The molecule has 0 aliphatic heterocycles. The molecule has 0 aliphatic rings. The van der Waals surface area contributed by atoms with Crippen LogP contribution in [-0.4, -0.2) is 14.7 Å². The van der Waals surface area contributed by atoms with Crippen molar-refractivity contribution in [2.45, 2.75) is 17.6 Å². The maximum Gasteiger partial charge on any atom is 0.182 e. The Kier molecular flexibility index (Phi) is 3.81. The summed E-state index contributed by atoms with van der Waals surface area (Å²) < 4.78 is 24.4. The highest BCUT2D eigenvalue weighted by atomic mass is 32.2. The topological polar surface area (TPSA) is 51.2 Å². The van der Waals surface area contributed by atoms with Crippen molar-refractivity contribution in [2.24, 2.45) is 0 Å². The molecule has 0 bridgehead atoms. The number of carbonyl (C=O) groups is 1. The van der Waals surface area contributed by atoms with E-state index in [1.165, 1.54) is 24.3 Å². The summed E-state index contributed by atoms with van der Waals surface area (Å²) in [6.45, 7) is 1.95. The van der Waals surface area contributed by atoms with Crippen LogP contribution in [-0.2, 0) is 15.6 Å². The lowest BCUT2D eigenvalue weighted by molar-refractivity contribution is 0.112. The number of hydrogen-bond donors (Lipinski definition) is 0. The fraction of sp³-hybridized carbons (Fsp3) is 0.133. The predicted octanol–water partition coefficient (Wildman–Crippen LogP) is 2.78. The minimum atomic E-state index is -3.37. The lowest BCUT2D eigenvalue weighted by Crippen LogP contribution is -2.05. The average Bonchev–Trinajstić information content (AvgIpc) is 2.41. The van der Waals surface area contributed by atoms with Gasteiger partial charge in [0.15, 0.2) is 9.84 Å². The van der Waals surface area contributed by atoms with Gasteiger partial charge in [0.25, 0.3) is 0 Å². The van der Waals surface area contributed by atoms with Crippen LogP contribution in [0.15, 0.2) is 53.4 Å². The molecule has 98 valence electrons. The number of benzene rings is 2. The van der Waals surface area contributed by atoms with Crippen LogP contribution in [0.5, 0.6) is 0 Å². The molecule has 19 heavy (non-hydrogen) atoms. The maximum atomic E-state index is 12.2. The summed E-state index contributed by atoms with van der Waals surface area (Å²) >= 11 is 0. The molecule has 0 amide bonds. The van der Waals surface area contributed by atoms with Crippen molar-refractivity contribution >= 4 is 16.1 Å². The molecule has 0 aromatic heterocycles. The van der Waals surface area contributed by atoms with Crippen molar-refractivity contribution in [2.75, 3.05) is 0 Å². The zero-order chi connectivity index (χ0) is 13.9. The van der Waals surface area contributed by atoms with E-state index in [9.17, 15) is 13.2 Å². The first-order valence-corrected chi connectivity index (χ1v) is 7.50. The zero-order valence-electron chi connectivity index (χ0n) is 10.5. The van der Waals surface area contributed by atoms with E-state index in [1.54, 1.807) is 0 Å². The highest BCUT2D eigenvalue weighted by Crippen LogP contribution is 2.17. The largest absolute Gasteiger partial charge is 0.298 e. The van der Waals surface area contributed by atoms with Crippen LogP contribution >= 0.6 is 0 Å². The van der Waals surface area contributed by atoms with Crippen LogP contribution in [0, 0.1) is 6.92 Å². The van der Waals surface area contributed by atoms with Gasteiger partial charge in [0.2, 0.25) is 0 Å². The first-order valence-electron chi connectivity index (χ1n) is 5.85. The van der Waals surface area contributed by atoms with Gasteiger partial charge in [-0.1, -0.05) is 42.0 Å². The molecule has 0 N–H and O–H groups in total. The van der Waals surface area contributed by atoms with Gasteiger partial charge in [0.1, 0.15) is 6.29 Å². The quantitative estimate of drug-likeness (QED) is 0.805. The lowest BCUT2D eigenvalue weighted by atomic mass is 10.2. The molecule has 0 saturated heterocycles. The van der Waals surface area contributed by atoms with Crippen LogP contribution in [0.4, 0.5) is 0 Å². The third-order valence-electron chi connectivity index (χ3n) is 2.85. The predicted molar refractivity (Wildman–Crippen MR) is 73.9 cm³/mol. The monoisotopic (exact) mass is 274 g/mol. The first kappa shape index (κ1) is 13.5. The number of aryl methyl sites for hydroxylation is 1. The Morgan fingerprint density at radius 1 is 0.947 bits per heavy atom. The Bertz CT molecular complexity index is 668. The van der Waals surface area contributed by atoms with Crippen molar-refractivity contribution in [3.63, 3.8) is 0 Å². The molecule has 0 heterocycles. The Morgan fingerprint density at radius 2 is 1.53 bits per heavy atom. The van der Waals surface area contributed by atoms with E-state index in [4.69, 9.17) is 0 Å². The summed E-state index contributed by atoms with van der Waals surface area (Å²) in [4.78, 5) is 10.8. The number of sulfone groups is 1. The van der Waals surface area contributed by atoms with Crippen molar-refractivity contribution in [1.82, 2.24) is 0 Å². The van der Waals surface area contributed by atoms with Gasteiger partial charge in [0, 0.05) is 5.56 Å². The van der Waals surface area contributed by atoms with E-state index in [0.717, 1.165) is 11.1 Å². The Hall–Kier alpha value is -1.94. The summed E-state index contributed by atoms with van der Waals surface area (Å²) in [7, 11) is -3.37. The highest BCUT2D eigenvalue weighted by Gasteiger charge is 2.15. The zero-order valence-corrected chi connectivity index (χ0v) is 11.4. The fourth-order valence-corrected chi connectivity index (χ4v) is 3.09. The summed E-state index contributed by atoms with van der Waals surface area (Å²) in [6, 6.07) is 13.4. The lowest BCUT2D eigenvalue weighted by Gasteiger charge is -2.05. The molecule has 3 nitrogen and oxygen atoms in total.